The van der Waals surface area contributed by atoms with Crippen LogP contribution in [0, 0.1) is 0 Å². The van der Waals surface area contributed by atoms with Gasteiger partial charge in [0.15, 0.2) is 6.79 Å². The van der Waals surface area contributed by atoms with Crippen molar-refractivity contribution in [2.45, 2.75) is 19.9 Å². The molecule has 2 N–H and O–H groups in total. The Kier molecular flexibility index (Phi) is 4.88. The van der Waals surface area contributed by atoms with E-state index in [1.54, 1.807) is 6.07 Å². The molecule has 0 amide bonds. The third kappa shape index (κ3) is 3.70. The molecular formula is C11H16ClNO2. The lowest BCUT2D eigenvalue weighted by molar-refractivity contribution is 0.0224. The Bertz CT molecular complexity index is 315. The second-order valence-corrected chi connectivity index (χ2v) is 3.64. The van der Waals surface area contributed by atoms with Gasteiger partial charge in [-0.05, 0) is 31.5 Å². The monoisotopic (exact) mass is 229 g/mol. The van der Waals surface area contributed by atoms with Gasteiger partial charge in [-0.25, -0.2) is 0 Å². The van der Waals surface area contributed by atoms with Crippen LogP contribution < -0.4 is 10.5 Å². The molecule has 1 aromatic carbocycles. The van der Waals surface area contributed by atoms with Gasteiger partial charge in [0, 0.05) is 12.6 Å². The number of rotatable bonds is 5. The second kappa shape index (κ2) is 5.95. The Morgan fingerprint density at radius 1 is 1.47 bits per heavy atom. The summed E-state index contributed by atoms with van der Waals surface area (Å²) in [6.45, 7) is 4.65. The lowest BCUT2D eigenvalue weighted by Crippen LogP contribution is -2.06. The predicted molar refractivity (Wildman–Crippen MR) is 61.2 cm³/mol. The van der Waals surface area contributed by atoms with Gasteiger partial charge < -0.3 is 15.2 Å². The third-order valence-corrected chi connectivity index (χ3v) is 2.28. The molecule has 84 valence electrons. The maximum Gasteiger partial charge on any atom is 0.189 e. The highest BCUT2D eigenvalue weighted by atomic mass is 35.5. The number of halogens is 1. The van der Waals surface area contributed by atoms with Crippen molar-refractivity contribution in [2.75, 3.05) is 13.4 Å². The van der Waals surface area contributed by atoms with Crippen molar-refractivity contribution in [2.24, 2.45) is 5.73 Å². The summed E-state index contributed by atoms with van der Waals surface area (Å²) in [5.74, 6) is 0.620. The molecule has 0 saturated heterocycles. The smallest absolute Gasteiger partial charge is 0.189 e. The molecule has 15 heavy (non-hydrogen) atoms. The molecule has 0 saturated carbocycles. The van der Waals surface area contributed by atoms with Crippen molar-refractivity contribution in [1.82, 2.24) is 0 Å². The molecule has 3 nitrogen and oxygen atoms in total. The lowest BCUT2D eigenvalue weighted by atomic mass is 10.1. The Hall–Kier alpha value is -0.770. The standard InChI is InChI=1S/C11H16ClNO2/c1-3-14-7-15-11-5-4-9(8(2)13)6-10(11)12/h4-6,8H,3,7,13H2,1-2H3/t8-/m1/s1. The highest BCUT2D eigenvalue weighted by Gasteiger charge is 2.05. The van der Waals surface area contributed by atoms with Gasteiger partial charge in [0.2, 0.25) is 0 Å². The van der Waals surface area contributed by atoms with Crippen LogP contribution in [0.4, 0.5) is 0 Å². The minimum absolute atomic E-state index is 0.0246. The molecule has 0 aliphatic carbocycles. The van der Waals surface area contributed by atoms with Crippen LogP contribution >= 0.6 is 11.6 Å². The topological polar surface area (TPSA) is 44.5 Å². The van der Waals surface area contributed by atoms with Crippen LogP contribution in [-0.2, 0) is 4.74 Å². The van der Waals surface area contributed by atoms with E-state index in [1.807, 2.05) is 26.0 Å². The summed E-state index contributed by atoms with van der Waals surface area (Å²) in [6.07, 6.45) is 0. The molecule has 0 aliphatic heterocycles. The predicted octanol–water partition coefficient (Wildman–Crippen LogP) is 2.73. The highest BCUT2D eigenvalue weighted by molar-refractivity contribution is 6.32. The molecule has 0 unspecified atom stereocenters. The van der Waals surface area contributed by atoms with Crippen LogP contribution in [0.3, 0.4) is 0 Å². The molecular weight excluding hydrogens is 214 g/mol. The van der Waals surface area contributed by atoms with Gasteiger partial charge in [0.05, 0.1) is 5.02 Å². The third-order valence-electron chi connectivity index (χ3n) is 1.98. The molecule has 0 spiro atoms. The number of hydrogen-bond acceptors (Lipinski definition) is 3. The fourth-order valence-corrected chi connectivity index (χ4v) is 1.35. The molecule has 1 rings (SSSR count). The SMILES string of the molecule is CCOCOc1ccc([C@@H](C)N)cc1Cl. The van der Waals surface area contributed by atoms with Crippen LogP contribution in [0.5, 0.6) is 5.75 Å². The van der Waals surface area contributed by atoms with Crippen molar-refractivity contribution in [3.05, 3.63) is 28.8 Å². The van der Waals surface area contributed by atoms with Crippen LogP contribution in [0.15, 0.2) is 18.2 Å². The van der Waals surface area contributed by atoms with E-state index >= 15 is 0 Å². The van der Waals surface area contributed by atoms with E-state index < -0.39 is 0 Å². The summed E-state index contributed by atoms with van der Waals surface area (Å²) >= 11 is 6.02. The van der Waals surface area contributed by atoms with Crippen molar-refractivity contribution < 1.29 is 9.47 Å². The summed E-state index contributed by atoms with van der Waals surface area (Å²) < 4.78 is 10.4. The van der Waals surface area contributed by atoms with Crippen molar-refractivity contribution >= 4 is 11.6 Å². The van der Waals surface area contributed by atoms with Crippen LogP contribution in [0.2, 0.25) is 5.02 Å². The van der Waals surface area contributed by atoms with Gasteiger partial charge in [-0.15, -0.1) is 0 Å². The average Bonchev–Trinajstić information content (AvgIpc) is 2.20. The number of hydrogen-bond donors (Lipinski definition) is 1. The van der Waals surface area contributed by atoms with Gasteiger partial charge >= 0.3 is 0 Å². The zero-order chi connectivity index (χ0) is 11.3. The fourth-order valence-electron chi connectivity index (χ4n) is 1.11. The van der Waals surface area contributed by atoms with E-state index in [9.17, 15) is 0 Å². The van der Waals surface area contributed by atoms with Crippen LogP contribution in [-0.4, -0.2) is 13.4 Å². The zero-order valence-electron chi connectivity index (χ0n) is 9.00. The summed E-state index contributed by atoms with van der Waals surface area (Å²) in [5.41, 5.74) is 6.72. The van der Waals surface area contributed by atoms with E-state index in [0.29, 0.717) is 17.4 Å². The summed E-state index contributed by atoms with van der Waals surface area (Å²) in [6, 6.07) is 5.49. The summed E-state index contributed by atoms with van der Waals surface area (Å²) in [4.78, 5) is 0. The maximum atomic E-state index is 6.02. The minimum atomic E-state index is -0.0246. The largest absolute Gasteiger partial charge is 0.466 e. The first kappa shape index (κ1) is 12.3. The van der Waals surface area contributed by atoms with Crippen molar-refractivity contribution in [1.29, 1.82) is 0 Å². The molecule has 0 aliphatic rings. The first-order valence-corrected chi connectivity index (χ1v) is 5.28. The molecule has 0 heterocycles. The van der Waals surface area contributed by atoms with E-state index in [1.165, 1.54) is 0 Å². The number of nitrogens with two attached hydrogens (primary N) is 1. The van der Waals surface area contributed by atoms with Crippen molar-refractivity contribution in [3.8, 4) is 5.75 Å². The average molecular weight is 230 g/mol. The zero-order valence-corrected chi connectivity index (χ0v) is 9.75. The van der Waals surface area contributed by atoms with E-state index in [4.69, 9.17) is 26.8 Å². The number of ether oxygens (including phenoxy) is 2. The summed E-state index contributed by atoms with van der Waals surface area (Å²) in [7, 11) is 0. The van der Waals surface area contributed by atoms with Crippen LogP contribution in [0.1, 0.15) is 25.5 Å². The fraction of sp³-hybridized carbons (Fsp3) is 0.455. The quantitative estimate of drug-likeness (QED) is 0.624. The molecule has 1 atom stereocenters. The van der Waals surface area contributed by atoms with Gasteiger partial charge in [-0.1, -0.05) is 17.7 Å². The maximum absolute atomic E-state index is 6.02. The Morgan fingerprint density at radius 2 is 2.20 bits per heavy atom. The molecule has 0 aromatic heterocycles. The van der Waals surface area contributed by atoms with Gasteiger partial charge in [-0.2, -0.15) is 0 Å². The Balaban J connectivity index is 2.66. The second-order valence-electron chi connectivity index (χ2n) is 3.23. The van der Waals surface area contributed by atoms with Gasteiger partial charge in [0.1, 0.15) is 5.75 Å². The molecule has 1 aromatic rings. The number of benzene rings is 1. The Labute approximate surface area is 95.1 Å². The Morgan fingerprint density at radius 3 is 2.73 bits per heavy atom. The first-order chi connectivity index (χ1) is 7.15. The highest BCUT2D eigenvalue weighted by Crippen LogP contribution is 2.27. The molecule has 0 bridgehead atoms. The van der Waals surface area contributed by atoms with Crippen molar-refractivity contribution in [3.63, 3.8) is 0 Å². The van der Waals surface area contributed by atoms with Crippen LogP contribution in [0.25, 0.3) is 0 Å². The van der Waals surface area contributed by atoms with Gasteiger partial charge in [-0.3, -0.25) is 0 Å². The van der Waals surface area contributed by atoms with E-state index in [-0.39, 0.29) is 12.8 Å². The summed E-state index contributed by atoms with van der Waals surface area (Å²) in [5, 5.41) is 0.560. The van der Waals surface area contributed by atoms with E-state index in [0.717, 1.165) is 5.56 Å². The molecule has 4 heteroatoms. The molecule has 0 fully saturated rings. The normalized spacial score (nSPS) is 12.5. The lowest BCUT2D eigenvalue weighted by Gasteiger charge is -2.10. The molecule has 0 radical (unpaired) electrons. The van der Waals surface area contributed by atoms with Gasteiger partial charge in [0.25, 0.3) is 0 Å². The first-order valence-electron chi connectivity index (χ1n) is 4.90. The minimum Gasteiger partial charge on any atom is -0.466 e. The van der Waals surface area contributed by atoms with E-state index in [2.05, 4.69) is 0 Å².